The van der Waals surface area contributed by atoms with Crippen molar-refractivity contribution in [2.75, 3.05) is 19.0 Å². The molecule has 0 spiro atoms. The SMILES string of the molecule is COc1ccc(NC(=O)COCc2ccc(C)cc2C)cc1Cl. The summed E-state index contributed by atoms with van der Waals surface area (Å²) in [6, 6.07) is 11.2. The lowest BCUT2D eigenvalue weighted by atomic mass is 10.1. The molecule has 122 valence electrons. The smallest absolute Gasteiger partial charge is 0.250 e. The zero-order valence-corrected chi connectivity index (χ0v) is 14.2. The summed E-state index contributed by atoms with van der Waals surface area (Å²) in [6.07, 6.45) is 0. The van der Waals surface area contributed by atoms with E-state index in [1.54, 1.807) is 25.3 Å². The fourth-order valence-corrected chi connectivity index (χ4v) is 2.46. The number of carbonyl (C=O) groups is 1. The molecule has 0 aromatic heterocycles. The zero-order valence-electron chi connectivity index (χ0n) is 13.5. The molecule has 0 bridgehead atoms. The topological polar surface area (TPSA) is 47.6 Å². The van der Waals surface area contributed by atoms with E-state index in [1.807, 2.05) is 26.0 Å². The third kappa shape index (κ3) is 4.98. The second kappa shape index (κ2) is 7.99. The van der Waals surface area contributed by atoms with Crippen LogP contribution in [-0.2, 0) is 16.1 Å². The van der Waals surface area contributed by atoms with Gasteiger partial charge in [0.1, 0.15) is 12.4 Å². The first-order chi connectivity index (χ1) is 11.0. The molecule has 1 amide bonds. The Bertz CT molecular complexity index is 701. The number of hydrogen-bond donors (Lipinski definition) is 1. The van der Waals surface area contributed by atoms with Crippen LogP contribution in [-0.4, -0.2) is 19.6 Å². The zero-order chi connectivity index (χ0) is 16.8. The molecule has 0 aliphatic carbocycles. The molecule has 0 saturated heterocycles. The summed E-state index contributed by atoms with van der Waals surface area (Å²) in [7, 11) is 1.54. The van der Waals surface area contributed by atoms with Crippen LogP contribution < -0.4 is 10.1 Å². The molecular formula is C18H20ClNO3. The first kappa shape index (κ1) is 17.3. The van der Waals surface area contributed by atoms with Crippen molar-refractivity contribution in [1.82, 2.24) is 0 Å². The molecule has 5 heteroatoms. The number of ether oxygens (including phenoxy) is 2. The Kier molecular flexibility index (Phi) is 6.02. The van der Waals surface area contributed by atoms with Crippen LogP contribution in [0.15, 0.2) is 36.4 Å². The van der Waals surface area contributed by atoms with E-state index in [4.69, 9.17) is 21.1 Å². The molecule has 4 nitrogen and oxygen atoms in total. The van der Waals surface area contributed by atoms with Crippen LogP contribution in [0.2, 0.25) is 5.02 Å². The predicted octanol–water partition coefficient (Wildman–Crippen LogP) is 4.12. The third-order valence-corrected chi connectivity index (χ3v) is 3.72. The molecule has 0 fully saturated rings. The minimum absolute atomic E-state index is 0.0169. The number of halogens is 1. The van der Waals surface area contributed by atoms with Crippen LogP contribution in [0.3, 0.4) is 0 Å². The Morgan fingerprint density at radius 1 is 1.17 bits per heavy atom. The molecule has 23 heavy (non-hydrogen) atoms. The Balaban J connectivity index is 1.84. The molecule has 0 atom stereocenters. The van der Waals surface area contributed by atoms with Crippen molar-refractivity contribution in [3.63, 3.8) is 0 Å². The lowest BCUT2D eigenvalue weighted by Crippen LogP contribution is -2.18. The van der Waals surface area contributed by atoms with Crippen molar-refractivity contribution in [3.8, 4) is 5.75 Å². The van der Waals surface area contributed by atoms with Gasteiger partial charge in [0.05, 0.1) is 18.7 Å². The summed E-state index contributed by atoms with van der Waals surface area (Å²) in [6.45, 7) is 4.47. The molecule has 2 aromatic carbocycles. The highest BCUT2D eigenvalue weighted by Crippen LogP contribution is 2.27. The van der Waals surface area contributed by atoms with Crippen LogP contribution in [0.25, 0.3) is 0 Å². The van der Waals surface area contributed by atoms with E-state index in [-0.39, 0.29) is 12.5 Å². The van der Waals surface area contributed by atoms with E-state index in [0.717, 1.165) is 11.1 Å². The van der Waals surface area contributed by atoms with Crippen molar-refractivity contribution in [3.05, 3.63) is 58.1 Å². The molecule has 0 radical (unpaired) electrons. The number of amides is 1. The van der Waals surface area contributed by atoms with Crippen molar-refractivity contribution in [2.24, 2.45) is 0 Å². The Morgan fingerprint density at radius 3 is 2.61 bits per heavy atom. The van der Waals surface area contributed by atoms with E-state index < -0.39 is 0 Å². The van der Waals surface area contributed by atoms with E-state index >= 15 is 0 Å². The van der Waals surface area contributed by atoms with Gasteiger partial charge < -0.3 is 14.8 Å². The van der Waals surface area contributed by atoms with Gasteiger partial charge in [-0.1, -0.05) is 35.4 Å². The molecule has 2 aromatic rings. The first-order valence-corrected chi connectivity index (χ1v) is 7.64. The number of anilines is 1. The van der Waals surface area contributed by atoms with Crippen LogP contribution in [0.4, 0.5) is 5.69 Å². The van der Waals surface area contributed by atoms with E-state index in [1.165, 1.54) is 5.56 Å². The molecule has 0 heterocycles. The first-order valence-electron chi connectivity index (χ1n) is 7.27. The molecule has 2 rings (SSSR count). The molecular weight excluding hydrogens is 314 g/mol. The molecule has 0 saturated carbocycles. The van der Waals surface area contributed by atoms with Crippen molar-refractivity contribution in [2.45, 2.75) is 20.5 Å². The summed E-state index contributed by atoms with van der Waals surface area (Å²) in [5.41, 5.74) is 4.06. The van der Waals surface area contributed by atoms with Crippen molar-refractivity contribution < 1.29 is 14.3 Å². The fraction of sp³-hybridized carbons (Fsp3) is 0.278. The van der Waals surface area contributed by atoms with Gasteiger partial charge in [0.2, 0.25) is 5.91 Å². The van der Waals surface area contributed by atoms with Gasteiger partial charge in [-0.2, -0.15) is 0 Å². The summed E-state index contributed by atoms with van der Waals surface area (Å²) >= 11 is 6.02. The lowest BCUT2D eigenvalue weighted by Gasteiger charge is -2.10. The minimum Gasteiger partial charge on any atom is -0.495 e. The predicted molar refractivity (Wildman–Crippen MR) is 92.2 cm³/mol. The van der Waals surface area contributed by atoms with Gasteiger partial charge in [0, 0.05) is 5.69 Å². The Hall–Kier alpha value is -2.04. The number of methoxy groups -OCH3 is 1. The van der Waals surface area contributed by atoms with Gasteiger partial charge in [-0.3, -0.25) is 4.79 Å². The maximum Gasteiger partial charge on any atom is 0.250 e. The van der Waals surface area contributed by atoms with E-state index in [0.29, 0.717) is 23.1 Å². The average Bonchev–Trinajstić information content (AvgIpc) is 2.49. The average molecular weight is 334 g/mol. The minimum atomic E-state index is -0.226. The highest BCUT2D eigenvalue weighted by atomic mass is 35.5. The summed E-state index contributed by atoms with van der Waals surface area (Å²) in [5, 5.41) is 3.19. The van der Waals surface area contributed by atoms with Gasteiger partial charge in [-0.25, -0.2) is 0 Å². The monoisotopic (exact) mass is 333 g/mol. The largest absolute Gasteiger partial charge is 0.495 e. The van der Waals surface area contributed by atoms with Crippen LogP contribution >= 0.6 is 11.6 Å². The second-order valence-electron chi connectivity index (χ2n) is 5.32. The number of carbonyl (C=O) groups excluding carboxylic acids is 1. The number of rotatable bonds is 6. The summed E-state index contributed by atoms with van der Waals surface area (Å²) < 4.78 is 10.5. The lowest BCUT2D eigenvalue weighted by molar-refractivity contribution is -0.121. The van der Waals surface area contributed by atoms with Gasteiger partial charge in [0.25, 0.3) is 0 Å². The fourth-order valence-electron chi connectivity index (χ4n) is 2.20. The Labute approximate surface area is 141 Å². The highest BCUT2D eigenvalue weighted by Gasteiger charge is 2.07. The Morgan fingerprint density at radius 2 is 1.96 bits per heavy atom. The maximum absolute atomic E-state index is 11.9. The number of benzene rings is 2. The van der Waals surface area contributed by atoms with Crippen LogP contribution in [0.1, 0.15) is 16.7 Å². The summed E-state index contributed by atoms with van der Waals surface area (Å²) in [4.78, 5) is 11.9. The molecule has 0 aliphatic rings. The van der Waals surface area contributed by atoms with E-state index in [2.05, 4.69) is 11.4 Å². The molecule has 1 N–H and O–H groups in total. The van der Waals surface area contributed by atoms with Crippen molar-refractivity contribution in [1.29, 1.82) is 0 Å². The van der Waals surface area contributed by atoms with Gasteiger partial charge in [-0.15, -0.1) is 0 Å². The van der Waals surface area contributed by atoms with Gasteiger partial charge in [0.15, 0.2) is 0 Å². The summed E-state index contributed by atoms with van der Waals surface area (Å²) in [5.74, 6) is 0.340. The van der Waals surface area contributed by atoms with Gasteiger partial charge >= 0.3 is 0 Å². The van der Waals surface area contributed by atoms with E-state index in [9.17, 15) is 4.79 Å². The quantitative estimate of drug-likeness (QED) is 0.865. The van der Waals surface area contributed by atoms with Crippen molar-refractivity contribution >= 4 is 23.2 Å². The van der Waals surface area contributed by atoms with Crippen LogP contribution in [0, 0.1) is 13.8 Å². The maximum atomic E-state index is 11.9. The molecule has 0 unspecified atom stereocenters. The number of aryl methyl sites for hydroxylation is 2. The number of hydrogen-bond acceptors (Lipinski definition) is 3. The molecule has 0 aliphatic heterocycles. The standard InChI is InChI=1S/C18H20ClNO3/c1-12-4-5-14(13(2)8-12)10-23-11-18(21)20-15-6-7-17(22-3)16(19)9-15/h4-9H,10-11H2,1-3H3,(H,20,21). The second-order valence-corrected chi connectivity index (χ2v) is 5.73. The van der Waals surface area contributed by atoms with Gasteiger partial charge in [-0.05, 0) is 43.2 Å². The highest BCUT2D eigenvalue weighted by molar-refractivity contribution is 6.32. The normalized spacial score (nSPS) is 10.4. The van der Waals surface area contributed by atoms with Crippen LogP contribution in [0.5, 0.6) is 5.75 Å². The third-order valence-electron chi connectivity index (χ3n) is 3.42. The number of nitrogens with one attached hydrogen (secondary N) is 1.